The third kappa shape index (κ3) is 3.30. The number of rotatable bonds is 6. The zero-order valence-corrected chi connectivity index (χ0v) is 10.4. The molecule has 0 bridgehead atoms. The summed E-state index contributed by atoms with van der Waals surface area (Å²) >= 11 is 0. The SMILES string of the molecule is CC(CN)c1noc(CCOc2ccccc2)n1. The van der Waals surface area contributed by atoms with Gasteiger partial charge in [0.1, 0.15) is 5.75 Å². The van der Waals surface area contributed by atoms with Gasteiger partial charge in [-0.1, -0.05) is 30.3 Å². The zero-order chi connectivity index (χ0) is 12.8. The molecule has 2 aromatic rings. The van der Waals surface area contributed by atoms with Crippen molar-refractivity contribution in [2.45, 2.75) is 19.3 Å². The molecule has 1 aromatic heterocycles. The van der Waals surface area contributed by atoms with Crippen LogP contribution >= 0.6 is 0 Å². The highest BCUT2D eigenvalue weighted by Crippen LogP contribution is 2.11. The Morgan fingerprint density at radius 2 is 2.11 bits per heavy atom. The van der Waals surface area contributed by atoms with Crippen LogP contribution in [0.2, 0.25) is 0 Å². The fraction of sp³-hybridized carbons (Fsp3) is 0.385. The molecule has 0 radical (unpaired) electrons. The molecule has 5 nitrogen and oxygen atoms in total. The number of hydrogen-bond acceptors (Lipinski definition) is 5. The van der Waals surface area contributed by atoms with E-state index in [0.717, 1.165) is 5.75 Å². The number of aromatic nitrogens is 2. The first-order valence-corrected chi connectivity index (χ1v) is 6.00. The average Bonchev–Trinajstić information content (AvgIpc) is 2.88. The third-order valence-electron chi connectivity index (χ3n) is 2.61. The van der Waals surface area contributed by atoms with Crippen LogP contribution < -0.4 is 10.5 Å². The van der Waals surface area contributed by atoms with Crippen LogP contribution in [0.5, 0.6) is 5.75 Å². The van der Waals surface area contributed by atoms with Gasteiger partial charge < -0.3 is 15.0 Å². The van der Waals surface area contributed by atoms with Crippen LogP contribution in [-0.4, -0.2) is 23.3 Å². The fourth-order valence-electron chi connectivity index (χ4n) is 1.45. The molecule has 0 fully saturated rings. The predicted molar refractivity (Wildman–Crippen MR) is 67.4 cm³/mol. The van der Waals surface area contributed by atoms with Gasteiger partial charge in [0.25, 0.3) is 0 Å². The summed E-state index contributed by atoms with van der Waals surface area (Å²) < 4.78 is 10.7. The highest BCUT2D eigenvalue weighted by Gasteiger charge is 2.11. The van der Waals surface area contributed by atoms with E-state index in [1.165, 1.54) is 0 Å². The molecule has 0 amide bonds. The summed E-state index contributed by atoms with van der Waals surface area (Å²) in [5, 5.41) is 3.89. The Balaban J connectivity index is 1.82. The number of hydrogen-bond donors (Lipinski definition) is 1. The first kappa shape index (κ1) is 12.6. The van der Waals surface area contributed by atoms with Crippen LogP contribution in [0.25, 0.3) is 0 Å². The van der Waals surface area contributed by atoms with Crippen molar-refractivity contribution in [3.05, 3.63) is 42.0 Å². The number of nitrogens with zero attached hydrogens (tertiary/aromatic N) is 2. The van der Waals surface area contributed by atoms with E-state index in [9.17, 15) is 0 Å². The summed E-state index contributed by atoms with van der Waals surface area (Å²) in [6.07, 6.45) is 0.596. The van der Waals surface area contributed by atoms with Crippen molar-refractivity contribution < 1.29 is 9.26 Å². The van der Waals surface area contributed by atoms with Gasteiger partial charge in [-0.05, 0) is 12.1 Å². The van der Waals surface area contributed by atoms with Gasteiger partial charge >= 0.3 is 0 Å². The lowest BCUT2D eigenvalue weighted by Gasteiger charge is -2.03. The van der Waals surface area contributed by atoms with Crippen LogP contribution in [0.1, 0.15) is 24.6 Å². The molecule has 1 atom stereocenters. The zero-order valence-electron chi connectivity index (χ0n) is 10.4. The highest BCUT2D eigenvalue weighted by molar-refractivity contribution is 5.20. The van der Waals surface area contributed by atoms with Crippen LogP contribution in [0.15, 0.2) is 34.9 Å². The third-order valence-corrected chi connectivity index (χ3v) is 2.61. The van der Waals surface area contributed by atoms with Crippen LogP contribution in [0, 0.1) is 0 Å². The second kappa shape index (κ2) is 6.16. The van der Waals surface area contributed by atoms with Gasteiger partial charge in [0.2, 0.25) is 5.89 Å². The Hall–Kier alpha value is -1.88. The van der Waals surface area contributed by atoms with Crippen molar-refractivity contribution in [1.82, 2.24) is 10.1 Å². The average molecular weight is 247 g/mol. The number of benzene rings is 1. The van der Waals surface area contributed by atoms with Crippen molar-refractivity contribution in [3.63, 3.8) is 0 Å². The highest BCUT2D eigenvalue weighted by atomic mass is 16.5. The first-order chi connectivity index (χ1) is 8.79. The van der Waals surface area contributed by atoms with Gasteiger partial charge in [0.15, 0.2) is 5.82 Å². The minimum atomic E-state index is 0.123. The van der Waals surface area contributed by atoms with Gasteiger partial charge in [-0.3, -0.25) is 0 Å². The van der Waals surface area contributed by atoms with Crippen molar-refractivity contribution >= 4 is 0 Å². The van der Waals surface area contributed by atoms with E-state index in [2.05, 4.69) is 10.1 Å². The molecule has 0 aliphatic rings. The van der Waals surface area contributed by atoms with E-state index in [1.807, 2.05) is 37.3 Å². The maximum Gasteiger partial charge on any atom is 0.230 e. The Labute approximate surface area is 106 Å². The van der Waals surface area contributed by atoms with Gasteiger partial charge in [0.05, 0.1) is 13.0 Å². The standard InChI is InChI=1S/C13H17N3O2/c1-10(9-14)13-15-12(18-16-13)7-8-17-11-5-3-2-4-6-11/h2-6,10H,7-9,14H2,1H3. The van der Waals surface area contributed by atoms with E-state index in [1.54, 1.807) is 0 Å². The van der Waals surface area contributed by atoms with E-state index >= 15 is 0 Å². The lowest BCUT2D eigenvalue weighted by molar-refractivity contribution is 0.291. The smallest absolute Gasteiger partial charge is 0.230 e. The Bertz CT molecular complexity index is 470. The number of para-hydroxylation sites is 1. The summed E-state index contributed by atoms with van der Waals surface area (Å²) in [4.78, 5) is 4.27. The quantitative estimate of drug-likeness (QED) is 0.841. The lowest BCUT2D eigenvalue weighted by Crippen LogP contribution is -2.10. The molecule has 0 saturated carbocycles. The first-order valence-electron chi connectivity index (χ1n) is 6.00. The molecule has 1 unspecified atom stereocenters. The van der Waals surface area contributed by atoms with E-state index in [4.69, 9.17) is 15.0 Å². The minimum absolute atomic E-state index is 0.123. The molecular weight excluding hydrogens is 230 g/mol. The molecule has 0 saturated heterocycles. The Morgan fingerprint density at radius 1 is 1.33 bits per heavy atom. The van der Waals surface area contributed by atoms with Crippen LogP contribution in [0.3, 0.4) is 0 Å². The summed E-state index contributed by atoms with van der Waals surface area (Å²) in [7, 11) is 0. The Morgan fingerprint density at radius 3 is 2.83 bits per heavy atom. The molecule has 2 N–H and O–H groups in total. The lowest BCUT2D eigenvalue weighted by atomic mass is 10.2. The predicted octanol–water partition coefficient (Wildman–Crippen LogP) is 1.75. The maximum atomic E-state index is 5.55. The van der Waals surface area contributed by atoms with Crippen molar-refractivity contribution in [2.24, 2.45) is 5.73 Å². The summed E-state index contributed by atoms with van der Waals surface area (Å²) in [6.45, 7) is 3.00. The Kier molecular flexibility index (Phi) is 4.30. The second-order valence-corrected chi connectivity index (χ2v) is 4.09. The van der Waals surface area contributed by atoms with Gasteiger partial charge in [-0.25, -0.2) is 0 Å². The fourth-order valence-corrected chi connectivity index (χ4v) is 1.45. The molecule has 1 heterocycles. The van der Waals surface area contributed by atoms with E-state index < -0.39 is 0 Å². The monoisotopic (exact) mass is 247 g/mol. The van der Waals surface area contributed by atoms with Crippen LogP contribution in [0.4, 0.5) is 0 Å². The number of ether oxygens (including phenoxy) is 1. The number of nitrogens with two attached hydrogens (primary N) is 1. The molecule has 0 spiro atoms. The molecule has 5 heteroatoms. The molecule has 96 valence electrons. The molecule has 2 rings (SSSR count). The summed E-state index contributed by atoms with van der Waals surface area (Å²) in [6, 6.07) is 9.64. The summed E-state index contributed by atoms with van der Waals surface area (Å²) in [5.74, 6) is 2.21. The van der Waals surface area contributed by atoms with E-state index in [-0.39, 0.29) is 5.92 Å². The van der Waals surface area contributed by atoms with Gasteiger partial charge in [0, 0.05) is 12.5 Å². The molecule has 0 aliphatic carbocycles. The topological polar surface area (TPSA) is 74.2 Å². The van der Waals surface area contributed by atoms with Crippen molar-refractivity contribution in [1.29, 1.82) is 0 Å². The van der Waals surface area contributed by atoms with Crippen LogP contribution in [-0.2, 0) is 6.42 Å². The maximum absolute atomic E-state index is 5.55. The van der Waals surface area contributed by atoms with Crippen molar-refractivity contribution in [2.75, 3.05) is 13.2 Å². The minimum Gasteiger partial charge on any atom is -0.493 e. The van der Waals surface area contributed by atoms with Gasteiger partial charge in [-0.2, -0.15) is 4.98 Å². The second-order valence-electron chi connectivity index (χ2n) is 4.09. The summed E-state index contributed by atoms with van der Waals surface area (Å²) in [5.41, 5.74) is 5.54. The molecule has 0 aliphatic heterocycles. The molecule has 18 heavy (non-hydrogen) atoms. The van der Waals surface area contributed by atoms with Crippen molar-refractivity contribution in [3.8, 4) is 5.75 Å². The van der Waals surface area contributed by atoms with E-state index in [0.29, 0.717) is 31.3 Å². The molecular formula is C13H17N3O2. The van der Waals surface area contributed by atoms with Gasteiger partial charge in [-0.15, -0.1) is 0 Å². The largest absolute Gasteiger partial charge is 0.493 e. The normalized spacial score (nSPS) is 12.3. The molecule has 1 aromatic carbocycles.